The second-order valence-corrected chi connectivity index (χ2v) is 17.2. The number of hydrogen-bond acceptors (Lipinski definition) is 20. The Morgan fingerprint density at radius 3 is 1.76 bits per heavy atom. The molecule has 0 aromatic carbocycles. The predicted octanol–water partition coefficient (Wildman–Crippen LogP) is 0.985. The molecule has 360 valence electrons. The van der Waals surface area contributed by atoms with Crippen molar-refractivity contribution in [1.82, 2.24) is 0 Å². The van der Waals surface area contributed by atoms with Gasteiger partial charge in [0.15, 0.2) is 44.0 Å². The minimum absolute atomic E-state index is 0.0485. The Hall–Kier alpha value is -0.800. The molecular weight excluding hydrogens is 824 g/mol. The lowest BCUT2D eigenvalue weighted by Gasteiger charge is -2.41. The minimum Gasteiger partial charge on any atom is -0.394 e. The Morgan fingerprint density at radius 1 is 0.516 bits per heavy atom. The van der Waals surface area contributed by atoms with Gasteiger partial charge in [0, 0.05) is 65.8 Å². The molecule has 7 aliphatic heterocycles. The van der Waals surface area contributed by atoms with E-state index in [-0.39, 0.29) is 88.7 Å². The molecule has 7 heterocycles. The van der Waals surface area contributed by atoms with Gasteiger partial charge in [-0.3, -0.25) is 0 Å². The van der Waals surface area contributed by atoms with Crippen molar-refractivity contribution in [3.05, 3.63) is 0 Å². The molecule has 62 heavy (non-hydrogen) atoms. The van der Waals surface area contributed by atoms with Gasteiger partial charge in [-0.15, -0.1) is 0 Å². The third-order valence-corrected chi connectivity index (χ3v) is 12.5. The van der Waals surface area contributed by atoms with Crippen LogP contribution in [0.4, 0.5) is 0 Å². The second-order valence-electron chi connectivity index (χ2n) is 17.2. The average Bonchev–Trinajstić information content (AvgIpc) is 3.76. The van der Waals surface area contributed by atoms with Crippen molar-refractivity contribution in [1.29, 1.82) is 0 Å². The van der Waals surface area contributed by atoms with Gasteiger partial charge in [0.25, 0.3) is 0 Å². The van der Waals surface area contributed by atoms with Crippen molar-refractivity contribution < 1.29 is 96.2 Å². The van der Waals surface area contributed by atoms with Crippen LogP contribution in [-0.4, -0.2) is 205 Å². The normalized spacial score (nSPS) is 42.8. The first-order valence-corrected chi connectivity index (χ1v) is 22.8. The number of hydrogen-bond donors (Lipinski definition) is 4. The zero-order valence-electron chi connectivity index (χ0n) is 36.3. The van der Waals surface area contributed by atoms with Crippen LogP contribution in [0, 0.1) is 0 Å². The smallest absolute Gasteiger partial charge is 0.184 e. The number of ether oxygens (including phenoxy) is 16. The highest BCUT2D eigenvalue weighted by molar-refractivity contribution is 4.84. The topological polar surface area (TPSA) is 229 Å². The highest BCUT2D eigenvalue weighted by atomic mass is 16.8. The fraction of sp³-hybridized carbons (Fsp3) is 1.00. The SMILES string of the molecule is COC1CCC(OC2COC(OC3CCC(OC4COC(OC5CCC(OC6COC(OC)CC6O)OC5)C(OCCCC(O)CO)C4)OC3)CC2OC2CCC(CO)O2)OC1. The maximum absolute atomic E-state index is 10.5. The highest BCUT2D eigenvalue weighted by Gasteiger charge is 2.42. The van der Waals surface area contributed by atoms with Gasteiger partial charge in [-0.05, 0) is 38.5 Å². The van der Waals surface area contributed by atoms with Crippen LogP contribution in [0.25, 0.3) is 0 Å². The maximum atomic E-state index is 10.5. The van der Waals surface area contributed by atoms with Crippen molar-refractivity contribution in [2.45, 2.75) is 195 Å². The quantitative estimate of drug-likeness (QED) is 0.118. The Labute approximate surface area is 364 Å². The van der Waals surface area contributed by atoms with E-state index in [1.54, 1.807) is 14.2 Å². The summed E-state index contributed by atoms with van der Waals surface area (Å²) >= 11 is 0. The molecule has 0 aliphatic carbocycles. The van der Waals surface area contributed by atoms with Crippen LogP contribution >= 0.6 is 0 Å². The summed E-state index contributed by atoms with van der Waals surface area (Å²) in [6.45, 7) is 1.80. The molecule has 0 bridgehead atoms. The molecule has 0 aromatic heterocycles. The molecule has 18 atom stereocenters. The summed E-state index contributed by atoms with van der Waals surface area (Å²) in [5, 5.41) is 39.1. The Balaban J connectivity index is 0.843. The Kier molecular flexibility index (Phi) is 20.1. The molecule has 0 radical (unpaired) electrons. The van der Waals surface area contributed by atoms with Crippen LogP contribution in [0.2, 0.25) is 0 Å². The molecule has 0 amide bonds. The Bertz CT molecular complexity index is 1230. The lowest BCUT2D eigenvalue weighted by Crippen LogP contribution is -2.51. The van der Waals surface area contributed by atoms with Gasteiger partial charge in [0.1, 0.15) is 18.3 Å². The number of rotatable bonds is 21. The van der Waals surface area contributed by atoms with Gasteiger partial charge in [-0.1, -0.05) is 0 Å². The van der Waals surface area contributed by atoms with E-state index in [1.165, 1.54) is 0 Å². The van der Waals surface area contributed by atoms with Crippen molar-refractivity contribution in [2.24, 2.45) is 0 Å². The van der Waals surface area contributed by atoms with Gasteiger partial charge in [-0.25, -0.2) is 0 Å². The zero-order chi connectivity index (χ0) is 43.3. The summed E-state index contributed by atoms with van der Waals surface area (Å²) in [7, 11) is 3.23. The minimum atomic E-state index is -0.804. The summed E-state index contributed by atoms with van der Waals surface area (Å²) in [4.78, 5) is 0. The first-order chi connectivity index (χ1) is 30.3. The summed E-state index contributed by atoms with van der Waals surface area (Å²) in [5.41, 5.74) is 0. The van der Waals surface area contributed by atoms with Crippen LogP contribution in [0.1, 0.15) is 83.5 Å². The van der Waals surface area contributed by atoms with Gasteiger partial charge in [-0.2, -0.15) is 0 Å². The molecule has 18 unspecified atom stereocenters. The fourth-order valence-electron chi connectivity index (χ4n) is 8.81. The molecule has 4 N–H and O–H groups in total. The number of aliphatic hydroxyl groups excluding tert-OH is 4. The zero-order valence-corrected chi connectivity index (χ0v) is 36.3. The first kappa shape index (κ1) is 49.1. The molecule has 0 spiro atoms. The van der Waals surface area contributed by atoms with E-state index in [1.807, 2.05) is 0 Å². The molecule has 7 fully saturated rings. The lowest BCUT2D eigenvalue weighted by atomic mass is 10.1. The first-order valence-electron chi connectivity index (χ1n) is 22.8. The molecule has 20 heteroatoms. The van der Waals surface area contributed by atoms with E-state index in [0.717, 1.165) is 12.8 Å². The summed E-state index contributed by atoms with van der Waals surface area (Å²) < 4.78 is 96.8. The predicted molar refractivity (Wildman–Crippen MR) is 210 cm³/mol. The average molecular weight is 897 g/mol. The van der Waals surface area contributed by atoms with E-state index in [0.29, 0.717) is 90.4 Å². The summed E-state index contributed by atoms with van der Waals surface area (Å²) in [6.07, 6.45) is 0.00145. The van der Waals surface area contributed by atoms with Crippen molar-refractivity contribution in [3.63, 3.8) is 0 Å². The molecule has 20 nitrogen and oxygen atoms in total. The summed E-state index contributed by atoms with van der Waals surface area (Å²) in [5.74, 6) is 0. The van der Waals surface area contributed by atoms with Gasteiger partial charge in [0.05, 0.1) is 102 Å². The summed E-state index contributed by atoms with van der Waals surface area (Å²) in [6, 6.07) is 0. The van der Waals surface area contributed by atoms with E-state index < -0.39 is 62.2 Å². The molecule has 7 aliphatic rings. The van der Waals surface area contributed by atoms with E-state index in [9.17, 15) is 20.4 Å². The molecule has 0 saturated carbocycles. The largest absolute Gasteiger partial charge is 0.394 e. The number of methoxy groups -OCH3 is 2. The van der Waals surface area contributed by atoms with Gasteiger partial charge >= 0.3 is 0 Å². The molecule has 0 aromatic rings. The third kappa shape index (κ3) is 14.9. The van der Waals surface area contributed by atoms with Crippen molar-refractivity contribution >= 4 is 0 Å². The van der Waals surface area contributed by atoms with Crippen LogP contribution in [0.3, 0.4) is 0 Å². The third-order valence-electron chi connectivity index (χ3n) is 12.5. The van der Waals surface area contributed by atoms with E-state index in [4.69, 9.17) is 75.8 Å². The van der Waals surface area contributed by atoms with Crippen LogP contribution in [-0.2, 0) is 75.8 Å². The van der Waals surface area contributed by atoms with E-state index in [2.05, 4.69) is 0 Å². The second kappa shape index (κ2) is 25.4. The molecule has 7 rings (SSSR count). The van der Waals surface area contributed by atoms with E-state index >= 15 is 0 Å². The van der Waals surface area contributed by atoms with Crippen molar-refractivity contribution in [2.75, 3.05) is 73.7 Å². The highest BCUT2D eigenvalue weighted by Crippen LogP contribution is 2.33. The van der Waals surface area contributed by atoms with Crippen LogP contribution in [0.5, 0.6) is 0 Å². The molecular formula is C42H72O20. The standard InChI is InChI=1S/C42H72O20/c1-47-27-6-9-38(50-19-27)62-35-24-54-41(16-32(35)60-39-12-5-26(18-44)56-39)57-28-7-10-36(51-20-28)58-30-14-33(49-13-3-4-25(45)17-43)42(55-22-30)59-29-8-11-37(52-21-29)61-34-23-53-40(48-2)15-31(34)46/h25-46H,3-24H2,1-2H3. The number of aliphatic hydroxyl groups is 4. The molecule has 7 saturated heterocycles. The van der Waals surface area contributed by atoms with Crippen LogP contribution < -0.4 is 0 Å². The van der Waals surface area contributed by atoms with Crippen LogP contribution in [0.15, 0.2) is 0 Å². The lowest BCUT2D eigenvalue weighted by molar-refractivity contribution is -0.318. The van der Waals surface area contributed by atoms with Crippen molar-refractivity contribution in [3.8, 4) is 0 Å². The van der Waals surface area contributed by atoms with Gasteiger partial charge in [0.2, 0.25) is 0 Å². The Morgan fingerprint density at radius 2 is 1.11 bits per heavy atom. The monoisotopic (exact) mass is 896 g/mol. The van der Waals surface area contributed by atoms with Gasteiger partial charge < -0.3 is 96.2 Å². The fourth-order valence-corrected chi connectivity index (χ4v) is 8.81. The maximum Gasteiger partial charge on any atom is 0.184 e.